The van der Waals surface area contributed by atoms with E-state index in [1.165, 1.54) is 0 Å². The minimum absolute atomic E-state index is 0.455. The maximum Gasteiger partial charge on any atom is 0.300 e. The fourth-order valence-electron chi connectivity index (χ4n) is 0.480. The molecule has 0 rings (SSSR count). The van der Waals surface area contributed by atoms with Crippen LogP contribution in [0.15, 0.2) is 0 Å². The first-order valence-corrected chi connectivity index (χ1v) is 3.86. The Bertz CT molecular complexity index is 157. The summed E-state index contributed by atoms with van der Waals surface area (Å²) in [6.07, 6.45) is 1.34. The van der Waals surface area contributed by atoms with Crippen LogP contribution in [-0.2, 0) is 9.59 Å². The maximum absolute atomic E-state index is 10.3. The molecule has 0 saturated carbocycles. The lowest BCUT2D eigenvalue weighted by molar-refractivity contribution is -0.134. The van der Waals surface area contributed by atoms with Crippen molar-refractivity contribution in [1.29, 1.82) is 0 Å². The maximum atomic E-state index is 10.3. The summed E-state index contributed by atoms with van der Waals surface area (Å²) >= 11 is 0. The van der Waals surface area contributed by atoms with E-state index in [0.717, 1.165) is 13.3 Å². The molecular formula is C7H17N3O3. The molecule has 0 aliphatic carbocycles. The topological polar surface area (TPSA) is 132 Å². The lowest BCUT2D eigenvalue weighted by Gasteiger charge is -2.03. The molecule has 78 valence electrons. The first kappa shape index (κ1) is 14.4. The number of carboxylic acids is 1. The van der Waals surface area contributed by atoms with E-state index in [-0.39, 0.29) is 0 Å². The third kappa shape index (κ3) is 18.1. The van der Waals surface area contributed by atoms with Gasteiger partial charge in [0.1, 0.15) is 0 Å². The number of carboxylic acid groups (broad SMARTS) is 1. The van der Waals surface area contributed by atoms with Gasteiger partial charge in [-0.25, -0.2) is 0 Å². The zero-order chi connectivity index (χ0) is 10.9. The van der Waals surface area contributed by atoms with Gasteiger partial charge in [-0.05, 0) is 19.4 Å². The van der Waals surface area contributed by atoms with Crippen LogP contribution in [0.25, 0.3) is 0 Å². The Balaban J connectivity index is 0. The molecule has 0 aromatic carbocycles. The van der Waals surface area contributed by atoms with Crippen LogP contribution in [0.4, 0.5) is 0 Å². The van der Waals surface area contributed by atoms with Gasteiger partial charge in [-0.1, -0.05) is 0 Å². The van der Waals surface area contributed by atoms with E-state index in [0.29, 0.717) is 13.0 Å². The molecule has 0 radical (unpaired) electrons. The molecule has 0 bridgehead atoms. The smallest absolute Gasteiger partial charge is 0.300 e. The molecule has 13 heavy (non-hydrogen) atoms. The van der Waals surface area contributed by atoms with Gasteiger partial charge >= 0.3 is 0 Å². The van der Waals surface area contributed by atoms with Gasteiger partial charge in [0.2, 0.25) is 5.91 Å². The van der Waals surface area contributed by atoms with E-state index in [1.54, 1.807) is 0 Å². The molecule has 0 saturated heterocycles. The SMILES string of the molecule is CC(=O)O.NCCC[C@H](N)C(N)=O. The zero-order valence-corrected chi connectivity index (χ0v) is 7.69. The Morgan fingerprint density at radius 2 is 1.85 bits per heavy atom. The first-order chi connectivity index (χ1) is 5.91. The minimum atomic E-state index is -0.833. The Hall–Kier alpha value is -1.14. The molecule has 6 nitrogen and oxygen atoms in total. The number of hydrogen-bond acceptors (Lipinski definition) is 4. The van der Waals surface area contributed by atoms with Crippen LogP contribution in [0.2, 0.25) is 0 Å². The molecule has 0 fully saturated rings. The number of rotatable bonds is 4. The number of amides is 1. The summed E-state index contributed by atoms with van der Waals surface area (Å²) in [5.41, 5.74) is 15.3. The van der Waals surface area contributed by atoms with Crippen LogP contribution in [0.1, 0.15) is 19.8 Å². The summed E-state index contributed by atoms with van der Waals surface area (Å²) in [5.74, 6) is -1.29. The van der Waals surface area contributed by atoms with Crippen molar-refractivity contribution in [1.82, 2.24) is 0 Å². The van der Waals surface area contributed by atoms with Crippen LogP contribution in [-0.4, -0.2) is 29.6 Å². The van der Waals surface area contributed by atoms with Gasteiger partial charge < -0.3 is 22.3 Å². The van der Waals surface area contributed by atoms with Crippen molar-refractivity contribution >= 4 is 11.9 Å². The van der Waals surface area contributed by atoms with Gasteiger partial charge in [-0.15, -0.1) is 0 Å². The quantitative estimate of drug-likeness (QED) is 0.435. The number of hydrogen-bond donors (Lipinski definition) is 4. The molecular weight excluding hydrogens is 174 g/mol. The van der Waals surface area contributed by atoms with Crippen LogP contribution in [0, 0.1) is 0 Å². The molecule has 7 N–H and O–H groups in total. The number of primary amides is 1. The normalized spacial score (nSPS) is 11.0. The van der Waals surface area contributed by atoms with Gasteiger partial charge in [0.05, 0.1) is 6.04 Å². The molecule has 1 atom stereocenters. The first-order valence-electron chi connectivity index (χ1n) is 3.86. The zero-order valence-electron chi connectivity index (χ0n) is 7.69. The van der Waals surface area contributed by atoms with E-state index >= 15 is 0 Å². The Morgan fingerprint density at radius 3 is 2.08 bits per heavy atom. The van der Waals surface area contributed by atoms with Crippen LogP contribution < -0.4 is 17.2 Å². The van der Waals surface area contributed by atoms with E-state index in [9.17, 15) is 4.79 Å². The van der Waals surface area contributed by atoms with Crippen molar-refractivity contribution in [2.45, 2.75) is 25.8 Å². The molecule has 0 aromatic heterocycles. The highest BCUT2D eigenvalue weighted by Gasteiger charge is 2.06. The van der Waals surface area contributed by atoms with Gasteiger partial charge in [-0.3, -0.25) is 9.59 Å². The Kier molecular flexibility index (Phi) is 9.91. The van der Waals surface area contributed by atoms with E-state index in [4.69, 9.17) is 27.1 Å². The number of carbonyl (C=O) groups excluding carboxylic acids is 1. The Morgan fingerprint density at radius 1 is 1.46 bits per heavy atom. The van der Waals surface area contributed by atoms with Crippen LogP contribution in [0.5, 0.6) is 0 Å². The molecule has 0 aliphatic heterocycles. The average molecular weight is 191 g/mol. The van der Waals surface area contributed by atoms with Crippen molar-refractivity contribution in [3.05, 3.63) is 0 Å². The van der Waals surface area contributed by atoms with E-state index in [1.807, 2.05) is 0 Å². The van der Waals surface area contributed by atoms with E-state index in [2.05, 4.69) is 0 Å². The van der Waals surface area contributed by atoms with Gasteiger partial charge in [0.15, 0.2) is 0 Å². The molecule has 6 heteroatoms. The summed E-state index contributed by atoms with van der Waals surface area (Å²) in [5, 5.41) is 7.42. The summed E-state index contributed by atoms with van der Waals surface area (Å²) in [7, 11) is 0. The third-order valence-electron chi connectivity index (χ3n) is 1.08. The lowest BCUT2D eigenvalue weighted by Crippen LogP contribution is -2.36. The monoisotopic (exact) mass is 191 g/mol. The van der Waals surface area contributed by atoms with Gasteiger partial charge in [0, 0.05) is 6.92 Å². The average Bonchev–Trinajstić information content (AvgIpc) is 1.98. The molecule has 0 aromatic rings. The summed E-state index contributed by atoms with van der Waals surface area (Å²) < 4.78 is 0. The van der Waals surface area contributed by atoms with Crippen LogP contribution >= 0.6 is 0 Å². The summed E-state index contributed by atoms with van der Waals surface area (Å²) in [6.45, 7) is 1.64. The summed E-state index contributed by atoms with van der Waals surface area (Å²) in [4.78, 5) is 19.3. The summed E-state index contributed by atoms with van der Waals surface area (Å²) in [6, 6.07) is -0.520. The highest BCUT2D eigenvalue weighted by molar-refractivity contribution is 5.79. The van der Waals surface area contributed by atoms with Crippen molar-refractivity contribution in [3.8, 4) is 0 Å². The second-order valence-corrected chi connectivity index (χ2v) is 2.46. The molecule has 0 heterocycles. The number of aliphatic carboxylic acids is 1. The minimum Gasteiger partial charge on any atom is -0.481 e. The van der Waals surface area contributed by atoms with Crippen molar-refractivity contribution in [2.24, 2.45) is 17.2 Å². The Labute approximate surface area is 77.1 Å². The predicted molar refractivity (Wildman–Crippen MR) is 48.8 cm³/mol. The van der Waals surface area contributed by atoms with Crippen molar-refractivity contribution in [2.75, 3.05) is 6.54 Å². The standard InChI is InChI=1S/C5H13N3O.C2H4O2/c6-3-1-2-4(7)5(8)9;1-2(3)4/h4H,1-3,6-7H2,(H2,8,9);1H3,(H,3,4)/t4-;/m0./s1. The second kappa shape index (κ2) is 8.95. The second-order valence-electron chi connectivity index (χ2n) is 2.46. The van der Waals surface area contributed by atoms with Crippen LogP contribution in [0.3, 0.4) is 0 Å². The van der Waals surface area contributed by atoms with Crippen molar-refractivity contribution in [3.63, 3.8) is 0 Å². The number of nitrogens with two attached hydrogens (primary N) is 3. The molecule has 0 spiro atoms. The fourth-order valence-corrected chi connectivity index (χ4v) is 0.480. The fraction of sp³-hybridized carbons (Fsp3) is 0.714. The highest BCUT2D eigenvalue weighted by Crippen LogP contribution is 1.89. The molecule has 1 amide bonds. The van der Waals surface area contributed by atoms with Crippen molar-refractivity contribution < 1.29 is 14.7 Å². The third-order valence-corrected chi connectivity index (χ3v) is 1.08. The largest absolute Gasteiger partial charge is 0.481 e. The van der Waals surface area contributed by atoms with Gasteiger partial charge in [0.25, 0.3) is 5.97 Å². The lowest BCUT2D eigenvalue weighted by atomic mass is 10.1. The predicted octanol–water partition coefficient (Wildman–Crippen LogP) is -1.37. The number of carbonyl (C=O) groups is 2. The highest BCUT2D eigenvalue weighted by atomic mass is 16.4. The van der Waals surface area contributed by atoms with E-state index < -0.39 is 17.9 Å². The molecule has 0 unspecified atom stereocenters. The molecule has 0 aliphatic rings. The van der Waals surface area contributed by atoms with Gasteiger partial charge in [-0.2, -0.15) is 0 Å².